The number of benzene rings is 1. The SMILES string of the molecule is CC(C)(CNC(=O)NCc1ccc(N2CCCC2=O)cc1)N1CCOCC1. The van der Waals surface area contributed by atoms with Gasteiger partial charge in [-0.1, -0.05) is 12.1 Å². The molecule has 0 aromatic heterocycles. The third kappa shape index (κ3) is 5.20. The van der Waals surface area contributed by atoms with Gasteiger partial charge in [-0.25, -0.2) is 4.79 Å². The number of ether oxygens (including phenoxy) is 1. The van der Waals surface area contributed by atoms with E-state index in [1.54, 1.807) is 0 Å². The van der Waals surface area contributed by atoms with E-state index in [4.69, 9.17) is 4.74 Å². The van der Waals surface area contributed by atoms with Gasteiger partial charge in [0.15, 0.2) is 0 Å². The van der Waals surface area contributed by atoms with Crippen LogP contribution in [0.2, 0.25) is 0 Å². The van der Waals surface area contributed by atoms with Crippen LogP contribution in [0.4, 0.5) is 10.5 Å². The molecule has 27 heavy (non-hydrogen) atoms. The minimum absolute atomic E-state index is 0.106. The molecule has 0 unspecified atom stereocenters. The summed E-state index contributed by atoms with van der Waals surface area (Å²) < 4.78 is 5.39. The first kappa shape index (κ1) is 19.6. The van der Waals surface area contributed by atoms with Gasteiger partial charge in [-0.15, -0.1) is 0 Å². The maximum atomic E-state index is 12.1. The molecular weight excluding hydrogens is 344 g/mol. The van der Waals surface area contributed by atoms with Crippen LogP contribution in [0.15, 0.2) is 24.3 Å². The molecule has 0 radical (unpaired) electrons. The summed E-state index contributed by atoms with van der Waals surface area (Å²) in [4.78, 5) is 28.1. The molecule has 7 nitrogen and oxygen atoms in total. The lowest BCUT2D eigenvalue weighted by molar-refractivity contribution is -0.117. The molecule has 0 atom stereocenters. The number of nitrogens with zero attached hydrogens (tertiary/aromatic N) is 2. The summed E-state index contributed by atoms with van der Waals surface area (Å²) in [5.41, 5.74) is 1.83. The van der Waals surface area contributed by atoms with Crippen LogP contribution in [0.3, 0.4) is 0 Å². The molecule has 0 spiro atoms. The van der Waals surface area contributed by atoms with Gasteiger partial charge in [-0.05, 0) is 38.0 Å². The summed E-state index contributed by atoms with van der Waals surface area (Å²) in [6, 6.07) is 7.63. The molecule has 7 heteroatoms. The van der Waals surface area contributed by atoms with Crippen LogP contribution >= 0.6 is 0 Å². The van der Waals surface area contributed by atoms with Gasteiger partial charge < -0.3 is 20.3 Å². The number of anilines is 1. The number of amides is 3. The Kier molecular flexibility index (Phi) is 6.34. The van der Waals surface area contributed by atoms with E-state index in [-0.39, 0.29) is 17.5 Å². The molecule has 2 aliphatic rings. The van der Waals surface area contributed by atoms with Crippen LogP contribution in [0.1, 0.15) is 32.3 Å². The van der Waals surface area contributed by atoms with Gasteiger partial charge in [0.2, 0.25) is 5.91 Å². The molecule has 1 aromatic rings. The van der Waals surface area contributed by atoms with E-state index < -0.39 is 0 Å². The highest BCUT2D eigenvalue weighted by Crippen LogP contribution is 2.21. The third-order valence-corrected chi connectivity index (χ3v) is 5.32. The Bertz CT molecular complexity index is 654. The van der Waals surface area contributed by atoms with Gasteiger partial charge in [0.05, 0.1) is 13.2 Å². The van der Waals surface area contributed by atoms with E-state index in [0.717, 1.165) is 50.5 Å². The number of morpholine rings is 1. The molecule has 2 fully saturated rings. The second kappa shape index (κ2) is 8.71. The first-order valence-electron chi connectivity index (χ1n) is 9.69. The highest BCUT2D eigenvalue weighted by Gasteiger charge is 2.28. The molecule has 0 saturated carbocycles. The number of carbonyl (C=O) groups is 2. The van der Waals surface area contributed by atoms with Gasteiger partial charge in [0, 0.05) is 50.4 Å². The predicted molar refractivity (Wildman–Crippen MR) is 105 cm³/mol. The third-order valence-electron chi connectivity index (χ3n) is 5.32. The van der Waals surface area contributed by atoms with E-state index in [9.17, 15) is 9.59 Å². The summed E-state index contributed by atoms with van der Waals surface area (Å²) in [5.74, 6) is 0.183. The van der Waals surface area contributed by atoms with Gasteiger partial charge >= 0.3 is 6.03 Å². The molecule has 3 amide bonds. The maximum absolute atomic E-state index is 12.1. The monoisotopic (exact) mass is 374 g/mol. The zero-order valence-corrected chi connectivity index (χ0v) is 16.3. The minimum atomic E-state index is -0.171. The first-order valence-corrected chi connectivity index (χ1v) is 9.69. The van der Waals surface area contributed by atoms with Gasteiger partial charge in [-0.3, -0.25) is 9.69 Å². The van der Waals surface area contributed by atoms with Crippen molar-refractivity contribution in [3.8, 4) is 0 Å². The van der Waals surface area contributed by atoms with Crippen molar-refractivity contribution in [2.75, 3.05) is 44.3 Å². The van der Waals surface area contributed by atoms with Crippen LogP contribution in [0.25, 0.3) is 0 Å². The van der Waals surface area contributed by atoms with E-state index in [0.29, 0.717) is 19.5 Å². The van der Waals surface area contributed by atoms with Gasteiger partial charge in [-0.2, -0.15) is 0 Å². The number of hydrogen-bond acceptors (Lipinski definition) is 4. The summed E-state index contributed by atoms with van der Waals surface area (Å²) >= 11 is 0. The summed E-state index contributed by atoms with van der Waals surface area (Å²) in [5, 5.41) is 5.87. The Morgan fingerprint density at radius 1 is 1.11 bits per heavy atom. The van der Waals surface area contributed by atoms with Crippen LogP contribution in [0.5, 0.6) is 0 Å². The molecule has 148 valence electrons. The second-order valence-corrected chi connectivity index (χ2v) is 7.76. The number of rotatable bonds is 6. The number of urea groups is 1. The van der Waals surface area contributed by atoms with E-state index in [1.165, 1.54) is 0 Å². The maximum Gasteiger partial charge on any atom is 0.315 e. The molecule has 2 N–H and O–H groups in total. The van der Waals surface area contributed by atoms with Crippen LogP contribution in [-0.2, 0) is 16.1 Å². The highest BCUT2D eigenvalue weighted by atomic mass is 16.5. The molecule has 2 heterocycles. The van der Waals surface area contributed by atoms with E-state index in [2.05, 4.69) is 29.4 Å². The number of carbonyl (C=O) groups excluding carboxylic acids is 2. The lowest BCUT2D eigenvalue weighted by Gasteiger charge is -2.40. The van der Waals surface area contributed by atoms with Crippen LogP contribution < -0.4 is 15.5 Å². The predicted octanol–water partition coefficient (Wildman–Crippen LogP) is 1.72. The molecule has 0 bridgehead atoms. The van der Waals surface area contributed by atoms with E-state index >= 15 is 0 Å². The normalized spacial score (nSPS) is 18.6. The lowest BCUT2D eigenvalue weighted by atomic mass is 10.0. The fourth-order valence-corrected chi connectivity index (χ4v) is 3.54. The Morgan fingerprint density at radius 2 is 1.81 bits per heavy atom. The smallest absolute Gasteiger partial charge is 0.315 e. The fourth-order valence-electron chi connectivity index (χ4n) is 3.54. The van der Waals surface area contributed by atoms with Crippen molar-refractivity contribution in [2.45, 2.75) is 38.8 Å². The van der Waals surface area contributed by atoms with Crippen molar-refractivity contribution in [3.63, 3.8) is 0 Å². The quantitative estimate of drug-likeness (QED) is 0.795. The molecule has 2 saturated heterocycles. The Morgan fingerprint density at radius 3 is 2.44 bits per heavy atom. The summed E-state index contributed by atoms with van der Waals surface area (Å²) in [7, 11) is 0. The van der Waals surface area contributed by atoms with Crippen molar-refractivity contribution < 1.29 is 14.3 Å². The van der Waals surface area contributed by atoms with Gasteiger partial charge in [0.25, 0.3) is 0 Å². The Balaban J connectivity index is 1.42. The zero-order valence-electron chi connectivity index (χ0n) is 16.3. The Hall–Kier alpha value is -2.12. The lowest BCUT2D eigenvalue weighted by Crippen LogP contribution is -2.56. The largest absolute Gasteiger partial charge is 0.379 e. The summed E-state index contributed by atoms with van der Waals surface area (Å²) in [6.45, 7) is 9.37. The van der Waals surface area contributed by atoms with Crippen molar-refractivity contribution in [2.24, 2.45) is 0 Å². The Labute approximate surface area is 161 Å². The molecule has 1 aromatic carbocycles. The summed E-state index contributed by atoms with van der Waals surface area (Å²) in [6.07, 6.45) is 1.55. The average Bonchev–Trinajstić information content (AvgIpc) is 3.12. The van der Waals surface area contributed by atoms with Crippen LogP contribution in [0, 0.1) is 0 Å². The minimum Gasteiger partial charge on any atom is -0.379 e. The number of hydrogen-bond donors (Lipinski definition) is 2. The van der Waals surface area contributed by atoms with Crippen LogP contribution in [-0.4, -0.2) is 61.8 Å². The number of nitrogens with one attached hydrogen (secondary N) is 2. The van der Waals surface area contributed by atoms with Crippen molar-refractivity contribution >= 4 is 17.6 Å². The second-order valence-electron chi connectivity index (χ2n) is 7.76. The molecule has 2 aliphatic heterocycles. The first-order chi connectivity index (χ1) is 13.0. The molecular formula is C20H30N4O3. The average molecular weight is 374 g/mol. The highest BCUT2D eigenvalue weighted by molar-refractivity contribution is 5.95. The van der Waals surface area contributed by atoms with Crippen molar-refractivity contribution in [3.05, 3.63) is 29.8 Å². The van der Waals surface area contributed by atoms with Crippen molar-refractivity contribution in [1.29, 1.82) is 0 Å². The van der Waals surface area contributed by atoms with Gasteiger partial charge in [0.1, 0.15) is 0 Å². The molecule has 3 rings (SSSR count). The zero-order chi connectivity index (χ0) is 19.3. The topological polar surface area (TPSA) is 73.9 Å². The van der Waals surface area contributed by atoms with E-state index in [1.807, 2.05) is 29.2 Å². The standard InChI is InChI=1S/C20H30N4O3/c1-20(2,23-10-12-27-13-11-23)15-22-19(26)21-14-16-5-7-17(8-6-16)24-9-3-4-18(24)25/h5-8H,3-4,9-15H2,1-2H3,(H2,21,22,26). The van der Waals surface area contributed by atoms with Crippen molar-refractivity contribution in [1.82, 2.24) is 15.5 Å². The molecule has 0 aliphatic carbocycles. The fraction of sp³-hybridized carbons (Fsp3) is 0.600.